The van der Waals surface area contributed by atoms with E-state index in [-0.39, 0.29) is 18.5 Å². The molecule has 322 valence electrons. The largest absolute Gasteiger partial charge is 0.466 e. The highest BCUT2D eigenvalue weighted by molar-refractivity contribution is 5.76. The molecule has 0 bridgehead atoms. The number of hydrogen-bond acceptors (Lipinski definition) is 5. The van der Waals surface area contributed by atoms with E-state index in [1.807, 2.05) is 6.08 Å². The molecule has 1 amide bonds. The van der Waals surface area contributed by atoms with Gasteiger partial charge in [0, 0.05) is 12.8 Å². The van der Waals surface area contributed by atoms with Gasteiger partial charge in [-0.25, -0.2) is 0 Å². The van der Waals surface area contributed by atoms with Crippen LogP contribution >= 0.6 is 0 Å². The molecule has 0 rings (SSSR count). The molecule has 0 saturated carbocycles. The molecule has 55 heavy (non-hydrogen) atoms. The number of rotatable bonds is 43. The number of unbranched alkanes of at least 4 members (excludes halogenated alkanes) is 28. The van der Waals surface area contributed by atoms with Crippen molar-refractivity contribution in [3.63, 3.8) is 0 Å². The zero-order chi connectivity index (χ0) is 40.1. The molecule has 0 aliphatic rings. The van der Waals surface area contributed by atoms with Crippen LogP contribution in [0.2, 0.25) is 0 Å². The summed E-state index contributed by atoms with van der Waals surface area (Å²) >= 11 is 0. The van der Waals surface area contributed by atoms with Gasteiger partial charge < -0.3 is 20.3 Å². The van der Waals surface area contributed by atoms with Crippen molar-refractivity contribution >= 4 is 11.9 Å². The summed E-state index contributed by atoms with van der Waals surface area (Å²) in [5, 5.41) is 23.0. The Morgan fingerprint density at radius 3 is 1.42 bits per heavy atom. The Balaban J connectivity index is 3.52. The number of ether oxygens (including phenoxy) is 1. The fraction of sp³-hybridized carbons (Fsp3) is 0.837. The molecule has 0 saturated heterocycles. The number of nitrogens with one attached hydrogen (secondary N) is 1. The van der Waals surface area contributed by atoms with E-state index in [2.05, 4.69) is 43.5 Å². The summed E-state index contributed by atoms with van der Waals surface area (Å²) in [5.74, 6) is -0.120. The Hall–Kier alpha value is -1.92. The van der Waals surface area contributed by atoms with Crippen LogP contribution in [0.15, 0.2) is 36.5 Å². The Bertz CT molecular complexity index is 900. The smallest absolute Gasteiger partial charge is 0.305 e. The van der Waals surface area contributed by atoms with Crippen LogP contribution in [0, 0.1) is 0 Å². The van der Waals surface area contributed by atoms with Crippen LogP contribution in [-0.4, -0.2) is 47.4 Å². The third-order valence-electron chi connectivity index (χ3n) is 10.7. The minimum atomic E-state index is -0.856. The fourth-order valence-corrected chi connectivity index (χ4v) is 6.95. The average Bonchev–Trinajstić information content (AvgIpc) is 3.18. The Morgan fingerprint density at radius 2 is 0.909 bits per heavy atom. The lowest BCUT2D eigenvalue weighted by Crippen LogP contribution is -2.45. The molecular formula is C49H91NO5. The summed E-state index contributed by atoms with van der Waals surface area (Å²) in [4.78, 5) is 24.4. The molecule has 3 N–H and O–H groups in total. The Labute approximate surface area is 341 Å². The van der Waals surface area contributed by atoms with E-state index in [1.54, 1.807) is 6.08 Å². The summed E-state index contributed by atoms with van der Waals surface area (Å²) < 4.78 is 5.44. The topological polar surface area (TPSA) is 95.9 Å². The van der Waals surface area contributed by atoms with Crippen molar-refractivity contribution in [3.05, 3.63) is 36.5 Å². The lowest BCUT2D eigenvalue weighted by atomic mass is 10.0. The molecule has 0 spiro atoms. The number of carbonyl (C=O) groups is 2. The normalized spacial score (nSPS) is 13.0. The highest BCUT2D eigenvalue weighted by atomic mass is 16.5. The fourth-order valence-electron chi connectivity index (χ4n) is 6.95. The molecule has 0 aromatic heterocycles. The van der Waals surface area contributed by atoms with E-state index in [9.17, 15) is 19.8 Å². The van der Waals surface area contributed by atoms with Gasteiger partial charge in [-0.15, -0.1) is 0 Å². The van der Waals surface area contributed by atoms with Gasteiger partial charge in [-0.1, -0.05) is 198 Å². The molecule has 0 heterocycles. The first kappa shape index (κ1) is 53.1. The van der Waals surface area contributed by atoms with Crippen molar-refractivity contribution in [2.45, 2.75) is 251 Å². The van der Waals surface area contributed by atoms with Gasteiger partial charge in [-0.05, 0) is 64.2 Å². The lowest BCUT2D eigenvalue weighted by Gasteiger charge is -2.20. The first-order valence-corrected chi connectivity index (χ1v) is 23.8. The number of aliphatic hydroxyl groups is 2. The number of aliphatic hydroxyl groups excluding tert-OH is 2. The zero-order valence-electron chi connectivity index (χ0n) is 36.4. The van der Waals surface area contributed by atoms with Gasteiger partial charge >= 0.3 is 5.97 Å². The average molecular weight is 774 g/mol. The molecule has 2 unspecified atom stereocenters. The van der Waals surface area contributed by atoms with Crippen LogP contribution in [0.5, 0.6) is 0 Å². The molecule has 6 heteroatoms. The molecule has 0 fully saturated rings. The second kappa shape index (κ2) is 44.8. The number of amides is 1. The van der Waals surface area contributed by atoms with Gasteiger partial charge in [0.25, 0.3) is 0 Å². The second-order valence-electron chi connectivity index (χ2n) is 16.1. The standard InChI is InChI=1S/C49H91NO5/c1-3-5-7-9-11-13-15-17-18-19-23-27-31-35-39-43-49(54)55-44-40-36-32-28-24-20-22-26-30-34-38-42-48(53)50-46(45-51)47(52)41-37-33-29-25-21-16-14-12-10-8-6-4-2/h11,13,17-18,37,41,46-47,51-52H,3-10,12,14-16,19-36,38-40,42-45H2,1-2H3,(H,50,53)/b13-11-,18-17-,41-37+. The van der Waals surface area contributed by atoms with Crippen LogP contribution in [0.1, 0.15) is 239 Å². The first-order valence-electron chi connectivity index (χ1n) is 23.8. The minimum Gasteiger partial charge on any atom is -0.466 e. The maximum Gasteiger partial charge on any atom is 0.305 e. The summed E-state index contributed by atoms with van der Waals surface area (Å²) in [6.07, 6.45) is 52.7. The highest BCUT2D eigenvalue weighted by Crippen LogP contribution is 2.14. The van der Waals surface area contributed by atoms with Gasteiger partial charge in [0.05, 0.1) is 25.4 Å². The lowest BCUT2D eigenvalue weighted by molar-refractivity contribution is -0.143. The first-order chi connectivity index (χ1) is 27.0. The third-order valence-corrected chi connectivity index (χ3v) is 10.7. The molecule has 0 aromatic rings. The van der Waals surface area contributed by atoms with Crippen LogP contribution in [0.3, 0.4) is 0 Å². The number of carbonyl (C=O) groups excluding carboxylic acids is 2. The quantitative estimate of drug-likeness (QED) is 0.0326. The molecule has 0 aliphatic heterocycles. The summed E-state index contributed by atoms with van der Waals surface area (Å²) in [5.41, 5.74) is 0. The Kier molecular flexibility index (Phi) is 43.2. The SMILES string of the molecule is CCCCC/C=C\C/C=C\CCCCCCCC(=O)OCCCCCCCCCCCCCC(=O)NC(CO)C(O)/C=C/CCCCCCCCCCCC. The second-order valence-corrected chi connectivity index (χ2v) is 16.1. The van der Waals surface area contributed by atoms with Gasteiger partial charge in [-0.3, -0.25) is 9.59 Å². The minimum absolute atomic E-state index is 0.0305. The molecule has 6 nitrogen and oxygen atoms in total. The summed E-state index contributed by atoms with van der Waals surface area (Å²) in [7, 11) is 0. The van der Waals surface area contributed by atoms with Crippen molar-refractivity contribution in [1.82, 2.24) is 5.32 Å². The predicted molar refractivity (Wildman–Crippen MR) is 236 cm³/mol. The van der Waals surface area contributed by atoms with Crippen LogP contribution in [-0.2, 0) is 14.3 Å². The number of allylic oxidation sites excluding steroid dienone is 5. The van der Waals surface area contributed by atoms with E-state index in [0.29, 0.717) is 19.4 Å². The molecule has 2 atom stereocenters. The number of esters is 1. The van der Waals surface area contributed by atoms with Crippen molar-refractivity contribution in [2.24, 2.45) is 0 Å². The highest BCUT2D eigenvalue weighted by Gasteiger charge is 2.18. The van der Waals surface area contributed by atoms with E-state index >= 15 is 0 Å². The van der Waals surface area contributed by atoms with E-state index in [4.69, 9.17) is 4.74 Å². The maximum absolute atomic E-state index is 12.4. The molecule has 0 radical (unpaired) electrons. The molecular weight excluding hydrogens is 683 g/mol. The van der Waals surface area contributed by atoms with Crippen molar-refractivity contribution in [3.8, 4) is 0 Å². The van der Waals surface area contributed by atoms with E-state index < -0.39 is 12.1 Å². The number of hydrogen-bond donors (Lipinski definition) is 3. The third kappa shape index (κ3) is 41.5. The van der Waals surface area contributed by atoms with Crippen LogP contribution in [0.25, 0.3) is 0 Å². The molecule has 0 aliphatic carbocycles. The van der Waals surface area contributed by atoms with Crippen molar-refractivity contribution in [2.75, 3.05) is 13.2 Å². The van der Waals surface area contributed by atoms with Gasteiger partial charge in [0.2, 0.25) is 5.91 Å². The summed E-state index contributed by atoms with van der Waals surface area (Å²) in [6.45, 7) is 4.80. The Morgan fingerprint density at radius 1 is 0.509 bits per heavy atom. The zero-order valence-corrected chi connectivity index (χ0v) is 36.4. The molecule has 0 aromatic carbocycles. The van der Waals surface area contributed by atoms with Crippen molar-refractivity contribution < 1.29 is 24.5 Å². The van der Waals surface area contributed by atoms with Gasteiger partial charge in [-0.2, -0.15) is 0 Å². The van der Waals surface area contributed by atoms with Gasteiger partial charge in [0.15, 0.2) is 0 Å². The van der Waals surface area contributed by atoms with Crippen LogP contribution < -0.4 is 5.32 Å². The van der Waals surface area contributed by atoms with Gasteiger partial charge in [0.1, 0.15) is 0 Å². The van der Waals surface area contributed by atoms with Crippen molar-refractivity contribution in [1.29, 1.82) is 0 Å². The van der Waals surface area contributed by atoms with E-state index in [0.717, 1.165) is 70.6 Å². The van der Waals surface area contributed by atoms with Crippen LogP contribution in [0.4, 0.5) is 0 Å². The predicted octanol–water partition coefficient (Wildman–Crippen LogP) is 13.7. The monoisotopic (exact) mass is 774 g/mol. The summed E-state index contributed by atoms with van der Waals surface area (Å²) in [6, 6.07) is -0.641. The maximum atomic E-state index is 12.4. The van der Waals surface area contributed by atoms with E-state index in [1.165, 1.54) is 141 Å².